The standard InChI is InChI=1S/C14H30N2O2/c1-5-7-12(8-9-17)10-15-11-13(18)16-14(3,4)6-2/h12,15,17H,5-11H2,1-4H3,(H,16,18). The molecule has 0 rings (SSSR count). The minimum absolute atomic E-state index is 0.0427. The zero-order valence-electron chi connectivity index (χ0n) is 12.4. The van der Waals surface area contributed by atoms with E-state index in [2.05, 4.69) is 24.5 Å². The molecule has 0 spiro atoms. The van der Waals surface area contributed by atoms with Crippen LogP contribution >= 0.6 is 0 Å². The Hall–Kier alpha value is -0.610. The number of carbonyl (C=O) groups is 1. The fourth-order valence-corrected chi connectivity index (χ4v) is 1.84. The first-order chi connectivity index (χ1) is 8.45. The predicted octanol–water partition coefficient (Wildman–Crippen LogP) is 1.68. The van der Waals surface area contributed by atoms with Gasteiger partial charge in [0.1, 0.15) is 0 Å². The van der Waals surface area contributed by atoms with Gasteiger partial charge in [-0.05, 0) is 45.6 Å². The predicted molar refractivity (Wildman–Crippen MR) is 75.5 cm³/mol. The molecule has 0 heterocycles. The summed E-state index contributed by atoms with van der Waals surface area (Å²) in [5.41, 5.74) is -0.132. The van der Waals surface area contributed by atoms with Crippen LogP contribution in [0.5, 0.6) is 0 Å². The second kappa shape index (κ2) is 9.34. The Morgan fingerprint density at radius 2 is 1.94 bits per heavy atom. The molecule has 1 amide bonds. The minimum Gasteiger partial charge on any atom is -0.396 e. The monoisotopic (exact) mass is 258 g/mol. The van der Waals surface area contributed by atoms with Crippen LogP contribution in [0, 0.1) is 5.92 Å². The van der Waals surface area contributed by atoms with Crippen LogP contribution < -0.4 is 10.6 Å². The van der Waals surface area contributed by atoms with E-state index >= 15 is 0 Å². The topological polar surface area (TPSA) is 61.4 Å². The third-order valence-corrected chi connectivity index (χ3v) is 3.31. The summed E-state index contributed by atoms with van der Waals surface area (Å²) < 4.78 is 0. The minimum atomic E-state index is -0.132. The van der Waals surface area contributed by atoms with Crippen molar-refractivity contribution in [2.24, 2.45) is 5.92 Å². The Balaban J connectivity index is 3.84. The lowest BCUT2D eigenvalue weighted by atomic mass is 10.0. The average molecular weight is 258 g/mol. The molecule has 108 valence electrons. The highest BCUT2D eigenvalue weighted by Gasteiger charge is 2.17. The van der Waals surface area contributed by atoms with E-state index in [-0.39, 0.29) is 18.1 Å². The van der Waals surface area contributed by atoms with Crippen molar-refractivity contribution in [1.29, 1.82) is 0 Å². The van der Waals surface area contributed by atoms with Gasteiger partial charge in [-0.25, -0.2) is 0 Å². The number of amides is 1. The summed E-state index contributed by atoms with van der Waals surface area (Å²) in [7, 11) is 0. The van der Waals surface area contributed by atoms with Gasteiger partial charge >= 0.3 is 0 Å². The van der Waals surface area contributed by atoms with Crippen molar-refractivity contribution in [3.8, 4) is 0 Å². The maximum absolute atomic E-state index is 11.7. The third-order valence-electron chi connectivity index (χ3n) is 3.31. The van der Waals surface area contributed by atoms with Gasteiger partial charge in [0.25, 0.3) is 0 Å². The number of rotatable bonds is 10. The van der Waals surface area contributed by atoms with Crippen LogP contribution in [-0.4, -0.2) is 36.2 Å². The summed E-state index contributed by atoms with van der Waals surface area (Å²) in [6.45, 7) is 9.63. The van der Waals surface area contributed by atoms with Crippen molar-refractivity contribution in [1.82, 2.24) is 10.6 Å². The number of hydrogen-bond donors (Lipinski definition) is 3. The van der Waals surface area contributed by atoms with Crippen molar-refractivity contribution < 1.29 is 9.90 Å². The molecule has 0 saturated carbocycles. The molecule has 0 aliphatic rings. The van der Waals surface area contributed by atoms with Crippen molar-refractivity contribution in [2.75, 3.05) is 19.7 Å². The van der Waals surface area contributed by atoms with Crippen LogP contribution in [0.4, 0.5) is 0 Å². The van der Waals surface area contributed by atoms with E-state index in [0.717, 1.165) is 32.2 Å². The van der Waals surface area contributed by atoms with Gasteiger partial charge in [-0.2, -0.15) is 0 Å². The van der Waals surface area contributed by atoms with Crippen molar-refractivity contribution in [2.45, 2.75) is 58.9 Å². The normalized spacial score (nSPS) is 13.4. The second-order valence-corrected chi connectivity index (χ2v) is 5.58. The number of nitrogens with one attached hydrogen (secondary N) is 2. The Kier molecular flexibility index (Phi) is 9.02. The van der Waals surface area contributed by atoms with Crippen LogP contribution in [0.1, 0.15) is 53.4 Å². The fourth-order valence-electron chi connectivity index (χ4n) is 1.84. The summed E-state index contributed by atoms with van der Waals surface area (Å²) >= 11 is 0. The first-order valence-corrected chi connectivity index (χ1v) is 7.07. The molecule has 1 unspecified atom stereocenters. The van der Waals surface area contributed by atoms with Gasteiger partial charge in [0.05, 0.1) is 6.54 Å². The van der Waals surface area contributed by atoms with Crippen molar-refractivity contribution >= 4 is 5.91 Å². The molecule has 0 fully saturated rings. The van der Waals surface area contributed by atoms with E-state index in [1.807, 2.05) is 13.8 Å². The summed E-state index contributed by atoms with van der Waals surface area (Å²) in [5, 5.41) is 15.1. The molecule has 0 aromatic carbocycles. The molecule has 1 atom stereocenters. The van der Waals surface area contributed by atoms with Gasteiger partial charge < -0.3 is 15.7 Å². The first-order valence-electron chi connectivity index (χ1n) is 7.07. The number of hydrogen-bond acceptors (Lipinski definition) is 3. The van der Waals surface area contributed by atoms with Gasteiger partial charge in [0.2, 0.25) is 5.91 Å². The maximum atomic E-state index is 11.7. The molecule has 0 aliphatic heterocycles. The van der Waals surface area contributed by atoms with E-state index in [0.29, 0.717) is 12.5 Å². The zero-order chi connectivity index (χ0) is 14.0. The first kappa shape index (κ1) is 17.4. The highest BCUT2D eigenvalue weighted by Crippen LogP contribution is 2.09. The molecule has 18 heavy (non-hydrogen) atoms. The molecule has 0 bridgehead atoms. The summed E-state index contributed by atoms with van der Waals surface area (Å²) in [6.07, 6.45) is 3.93. The van der Waals surface area contributed by atoms with Gasteiger partial charge in [0.15, 0.2) is 0 Å². The van der Waals surface area contributed by atoms with E-state index in [9.17, 15) is 4.79 Å². The summed E-state index contributed by atoms with van der Waals surface area (Å²) in [5.74, 6) is 0.507. The molecule has 0 radical (unpaired) electrons. The molecule has 0 aromatic rings. The van der Waals surface area contributed by atoms with Gasteiger partial charge in [0, 0.05) is 12.1 Å². The second-order valence-electron chi connectivity index (χ2n) is 5.58. The molecule has 0 aromatic heterocycles. The number of aliphatic hydroxyl groups is 1. The summed E-state index contributed by atoms with van der Waals surface area (Å²) in [4.78, 5) is 11.7. The van der Waals surface area contributed by atoms with E-state index < -0.39 is 0 Å². The summed E-state index contributed by atoms with van der Waals surface area (Å²) in [6, 6.07) is 0. The van der Waals surface area contributed by atoms with Gasteiger partial charge in [-0.1, -0.05) is 20.3 Å². The molecule has 4 nitrogen and oxygen atoms in total. The molecule has 3 N–H and O–H groups in total. The molecule has 0 aliphatic carbocycles. The van der Waals surface area contributed by atoms with E-state index in [1.54, 1.807) is 0 Å². The molecule has 0 saturated heterocycles. The maximum Gasteiger partial charge on any atom is 0.234 e. The molecular formula is C14H30N2O2. The van der Waals surface area contributed by atoms with Gasteiger partial charge in [-0.3, -0.25) is 4.79 Å². The van der Waals surface area contributed by atoms with Crippen LogP contribution in [0.15, 0.2) is 0 Å². The van der Waals surface area contributed by atoms with Crippen LogP contribution in [0.25, 0.3) is 0 Å². The Bertz CT molecular complexity index is 224. The zero-order valence-corrected chi connectivity index (χ0v) is 12.4. The quantitative estimate of drug-likeness (QED) is 0.559. The Morgan fingerprint density at radius 3 is 2.44 bits per heavy atom. The average Bonchev–Trinajstić information content (AvgIpc) is 2.29. The van der Waals surface area contributed by atoms with E-state index in [1.165, 1.54) is 0 Å². The lowest BCUT2D eigenvalue weighted by Gasteiger charge is -2.25. The molecular weight excluding hydrogens is 228 g/mol. The number of carbonyl (C=O) groups excluding carboxylic acids is 1. The lowest BCUT2D eigenvalue weighted by Crippen LogP contribution is -2.47. The highest BCUT2D eigenvalue weighted by atomic mass is 16.3. The third kappa shape index (κ3) is 8.48. The van der Waals surface area contributed by atoms with Crippen LogP contribution in [0.2, 0.25) is 0 Å². The molecule has 4 heteroatoms. The highest BCUT2D eigenvalue weighted by molar-refractivity contribution is 5.78. The van der Waals surface area contributed by atoms with Crippen LogP contribution in [0.3, 0.4) is 0 Å². The SMILES string of the molecule is CCCC(CCO)CNCC(=O)NC(C)(C)CC. The number of aliphatic hydroxyl groups excluding tert-OH is 1. The Labute approximate surface area is 112 Å². The largest absolute Gasteiger partial charge is 0.396 e. The smallest absolute Gasteiger partial charge is 0.234 e. The van der Waals surface area contributed by atoms with Gasteiger partial charge in [-0.15, -0.1) is 0 Å². The van der Waals surface area contributed by atoms with Crippen molar-refractivity contribution in [3.05, 3.63) is 0 Å². The van der Waals surface area contributed by atoms with Crippen LogP contribution in [-0.2, 0) is 4.79 Å². The lowest BCUT2D eigenvalue weighted by molar-refractivity contribution is -0.121. The van der Waals surface area contributed by atoms with Crippen molar-refractivity contribution in [3.63, 3.8) is 0 Å². The van der Waals surface area contributed by atoms with E-state index in [4.69, 9.17) is 5.11 Å². The fraction of sp³-hybridized carbons (Fsp3) is 0.929. The Morgan fingerprint density at radius 1 is 1.28 bits per heavy atom.